The third kappa shape index (κ3) is 4.26. The van der Waals surface area contributed by atoms with E-state index in [2.05, 4.69) is 9.59 Å². The zero-order valence-corrected chi connectivity index (χ0v) is 15.9. The number of aromatic nitrogens is 2. The van der Waals surface area contributed by atoms with Gasteiger partial charge in [-0.15, -0.1) is 5.10 Å². The van der Waals surface area contributed by atoms with Crippen LogP contribution in [-0.2, 0) is 6.42 Å². The summed E-state index contributed by atoms with van der Waals surface area (Å²) in [6, 6.07) is 3.73. The molecule has 0 aliphatic carbocycles. The van der Waals surface area contributed by atoms with Crippen molar-refractivity contribution in [3.8, 4) is 0 Å². The molecule has 0 radical (unpaired) electrons. The average molecular weight is 379 g/mol. The van der Waals surface area contributed by atoms with E-state index in [0.717, 1.165) is 49.1 Å². The lowest BCUT2D eigenvalue weighted by molar-refractivity contribution is 0.0671. The predicted molar refractivity (Wildman–Crippen MR) is 97.3 cm³/mol. The fraction of sp³-hybridized carbons (Fsp3) is 0.526. The van der Waals surface area contributed by atoms with Crippen LogP contribution in [0.3, 0.4) is 0 Å². The number of hydrogen-bond acceptors (Lipinski definition) is 4. The van der Waals surface area contributed by atoms with E-state index in [1.807, 2.05) is 18.7 Å². The van der Waals surface area contributed by atoms with Crippen molar-refractivity contribution in [1.82, 2.24) is 14.5 Å². The van der Waals surface area contributed by atoms with Gasteiger partial charge in [-0.2, -0.15) is 0 Å². The topological polar surface area (TPSA) is 46.1 Å². The molecule has 2 aromatic rings. The first-order valence-electron chi connectivity index (χ1n) is 9.01. The van der Waals surface area contributed by atoms with Crippen molar-refractivity contribution in [3.63, 3.8) is 0 Å². The molecule has 0 saturated carbocycles. The van der Waals surface area contributed by atoms with Gasteiger partial charge in [0.2, 0.25) is 0 Å². The number of nitrogens with zero attached hydrogens (tertiary/aromatic N) is 3. The summed E-state index contributed by atoms with van der Waals surface area (Å²) >= 11 is 1.16. The number of piperidine rings is 1. The minimum atomic E-state index is -0.556. The lowest BCUT2D eigenvalue weighted by Gasteiger charge is -2.32. The molecule has 3 rings (SSSR count). The molecule has 0 N–H and O–H groups in total. The van der Waals surface area contributed by atoms with Gasteiger partial charge in [-0.1, -0.05) is 24.4 Å². The van der Waals surface area contributed by atoms with Gasteiger partial charge in [-0.25, -0.2) is 8.78 Å². The van der Waals surface area contributed by atoms with E-state index >= 15 is 0 Å². The van der Waals surface area contributed by atoms with Crippen LogP contribution in [0.1, 0.15) is 60.0 Å². The van der Waals surface area contributed by atoms with E-state index < -0.39 is 11.6 Å². The highest BCUT2D eigenvalue weighted by Crippen LogP contribution is 2.27. The third-order valence-electron chi connectivity index (χ3n) is 4.90. The zero-order chi connectivity index (χ0) is 18.7. The lowest BCUT2D eigenvalue weighted by atomic mass is 9.91. The minimum Gasteiger partial charge on any atom is -0.338 e. The number of aryl methyl sites for hydroxylation is 1. The van der Waals surface area contributed by atoms with Gasteiger partial charge in [0, 0.05) is 19.2 Å². The number of halogens is 2. The molecule has 4 nitrogen and oxygen atoms in total. The number of benzene rings is 1. The summed E-state index contributed by atoms with van der Waals surface area (Å²) in [4.78, 5) is 15.4. The van der Waals surface area contributed by atoms with Gasteiger partial charge in [0.15, 0.2) is 0 Å². The number of amides is 1. The van der Waals surface area contributed by atoms with Crippen LogP contribution in [0.2, 0.25) is 0 Å². The Kier molecular flexibility index (Phi) is 5.96. The van der Waals surface area contributed by atoms with Crippen molar-refractivity contribution in [3.05, 3.63) is 46.0 Å². The van der Waals surface area contributed by atoms with Crippen molar-refractivity contribution in [2.45, 2.75) is 45.4 Å². The maximum atomic E-state index is 13.8. The predicted octanol–water partition coefficient (Wildman–Crippen LogP) is 4.42. The van der Waals surface area contributed by atoms with Crippen LogP contribution < -0.4 is 0 Å². The number of hydrogen-bond donors (Lipinski definition) is 0. The smallest absolute Gasteiger partial charge is 0.267 e. The SMILES string of the molecule is CC(C)c1nnsc1C(=O)N1CCC[C@H](CCc2ccc(F)cc2F)C1. The van der Waals surface area contributed by atoms with Gasteiger partial charge in [-0.3, -0.25) is 4.79 Å². The van der Waals surface area contributed by atoms with E-state index in [-0.39, 0.29) is 11.8 Å². The Labute approximate surface area is 156 Å². The first kappa shape index (κ1) is 18.9. The highest BCUT2D eigenvalue weighted by atomic mass is 32.1. The molecule has 1 aliphatic heterocycles. The van der Waals surface area contributed by atoms with Crippen LogP contribution in [0, 0.1) is 17.6 Å². The molecule has 1 aliphatic rings. The Morgan fingerprint density at radius 3 is 2.92 bits per heavy atom. The Bertz CT molecular complexity index is 778. The molecule has 0 unspecified atom stereocenters. The molecule has 1 atom stereocenters. The summed E-state index contributed by atoms with van der Waals surface area (Å²) in [5, 5.41) is 4.09. The molecule has 1 aromatic carbocycles. The molecule has 0 spiro atoms. The van der Waals surface area contributed by atoms with Crippen molar-refractivity contribution < 1.29 is 13.6 Å². The monoisotopic (exact) mass is 379 g/mol. The lowest BCUT2D eigenvalue weighted by Crippen LogP contribution is -2.40. The number of likely N-dealkylation sites (tertiary alicyclic amines) is 1. The molecule has 140 valence electrons. The fourth-order valence-corrected chi connectivity index (χ4v) is 4.22. The van der Waals surface area contributed by atoms with Crippen LogP contribution in [0.15, 0.2) is 18.2 Å². The first-order valence-corrected chi connectivity index (χ1v) is 9.78. The van der Waals surface area contributed by atoms with E-state index in [9.17, 15) is 13.6 Å². The maximum Gasteiger partial charge on any atom is 0.267 e. The van der Waals surface area contributed by atoms with Crippen LogP contribution >= 0.6 is 11.5 Å². The van der Waals surface area contributed by atoms with Crippen molar-refractivity contribution in [2.24, 2.45) is 5.92 Å². The number of carbonyl (C=O) groups is 1. The molecular formula is C19H23F2N3OS. The summed E-state index contributed by atoms with van der Waals surface area (Å²) in [7, 11) is 0. The Morgan fingerprint density at radius 2 is 2.19 bits per heavy atom. The normalized spacial score (nSPS) is 17.7. The van der Waals surface area contributed by atoms with Gasteiger partial charge in [-0.05, 0) is 60.7 Å². The van der Waals surface area contributed by atoms with E-state index in [1.54, 1.807) is 0 Å². The van der Waals surface area contributed by atoms with Gasteiger partial charge >= 0.3 is 0 Å². The fourth-order valence-electron chi connectivity index (χ4n) is 3.44. The second kappa shape index (κ2) is 8.20. The van der Waals surface area contributed by atoms with Crippen molar-refractivity contribution in [2.75, 3.05) is 13.1 Å². The zero-order valence-electron chi connectivity index (χ0n) is 15.0. The summed E-state index contributed by atoms with van der Waals surface area (Å²) in [5.74, 6) is -0.567. The molecule has 2 heterocycles. The second-order valence-corrected chi connectivity index (χ2v) is 7.93. The molecule has 26 heavy (non-hydrogen) atoms. The van der Waals surface area contributed by atoms with Gasteiger partial charge < -0.3 is 4.90 Å². The average Bonchev–Trinajstić information content (AvgIpc) is 3.10. The van der Waals surface area contributed by atoms with Crippen LogP contribution in [0.4, 0.5) is 8.78 Å². The first-order chi connectivity index (χ1) is 12.5. The number of carbonyl (C=O) groups excluding carboxylic acids is 1. The summed E-state index contributed by atoms with van der Waals surface area (Å²) < 4.78 is 30.8. The summed E-state index contributed by atoms with van der Waals surface area (Å²) in [5.41, 5.74) is 1.29. The highest BCUT2D eigenvalue weighted by molar-refractivity contribution is 7.08. The standard InChI is InChI=1S/C19H23F2N3OS/c1-12(2)17-18(26-23-22-17)19(25)24-9-3-4-13(11-24)5-6-14-7-8-15(20)10-16(14)21/h7-8,10,12-13H,3-6,9,11H2,1-2H3/t13-/m1/s1. The number of rotatable bonds is 5. The van der Waals surface area contributed by atoms with Gasteiger partial charge in [0.05, 0.1) is 5.69 Å². The van der Waals surface area contributed by atoms with E-state index in [0.29, 0.717) is 29.3 Å². The third-order valence-corrected chi connectivity index (χ3v) is 5.63. The minimum absolute atomic E-state index is 0.00126. The Morgan fingerprint density at radius 1 is 1.38 bits per heavy atom. The summed E-state index contributed by atoms with van der Waals surface area (Å²) in [6.45, 7) is 5.40. The Hall–Kier alpha value is -1.89. The van der Waals surface area contributed by atoms with Gasteiger partial charge in [0.25, 0.3) is 5.91 Å². The molecular weight excluding hydrogens is 356 g/mol. The maximum absolute atomic E-state index is 13.8. The second-order valence-electron chi connectivity index (χ2n) is 7.18. The van der Waals surface area contributed by atoms with Gasteiger partial charge in [0.1, 0.15) is 16.5 Å². The summed E-state index contributed by atoms with van der Waals surface area (Å²) in [6.07, 6.45) is 3.29. The largest absolute Gasteiger partial charge is 0.338 e. The molecule has 0 bridgehead atoms. The van der Waals surface area contributed by atoms with Crippen molar-refractivity contribution in [1.29, 1.82) is 0 Å². The molecule has 1 aromatic heterocycles. The molecule has 1 amide bonds. The molecule has 1 fully saturated rings. The van der Waals surface area contributed by atoms with E-state index in [4.69, 9.17) is 0 Å². The van der Waals surface area contributed by atoms with E-state index in [1.165, 1.54) is 12.1 Å². The molecule has 1 saturated heterocycles. The Balaban J connectivity index is 1.62. The van der Waals surface area contributed by atoms with Crippen LogP contribution in [0.25, 0.3) is 0 Å². The highest BCUT2D eigenvalue weighted by Gasteiger charge is 2.28. The quantitative estimate of drug-likeness (QED) is 0.772. The van der Waals surface area contributed by atoms with Crippen LogP contribution in [0.5, 0.6) is 0 Å². The molecule has 7 heteroatoms. The van der Waals surface area contributed by atoms with Crippen LogP contribution in [-0.4, -0.2) is 33.5 Å². The van der Waals surface area contributed by atoms with Crippen molar-refractivity contribution >= 4 is 17.4 Å².